The second kappa shape index (κ2) is 6.22. The number of fused-ring (bicyclic) bond motifs is 1. The van der Waals surface area contributed by atoms with Gasteiger partial charge < -0.3 is 14.4 Å². The van der Waals surface area contributed by atoms with Crippen LogP contribution in [0, 0.1) is 5.92 Å². The summed E-state index contributed by atoms with van der Waals surface area (Å²) in [7, 11) is 5.59. The van der Waals surface area contributed by atoms with E-state index in [1.165, 1.54) is 5.56 Å². The zero-order valence-electron chi connectivity index (χ0n) is 13.2. The monoisotopic (exact) mass is 299 g/mol. The summed E-state index contributed by atoms with van der Waals surface area (Å²) < 4.78 is 11.1. The summed E-state index contributed by atoms with van der Waals surface area (Å²) in [6.45, 7) is 0.706. The molecule has 0 N–H and O–H groups in total. The number of benzene rings is 1. The summed E-state index contributed by atoms with van der Waals surface area (Å²) in [4.78, 5) is 1.95. The molecule has 2 heterocycles. The maximum Gasteiger partial charge on any atom is 0.150 e. The Bertz CT molecular complexity index is 641. The third kappa shape index (κ3) is 3.13. The van der Waals surface area contributed by atoms with Crippen molar-refractivity contribution in [2.45, 2.75) is 12.8 Å². The number of methoxy groups -OCH3 is 1. The Labute approximate surface area is 130 Å². The van der Waals surface area contributed by atoms with E-state index in [-0.39, 0.29) is 0 Å². The van der Waals surface area contributed by atoms with Crippen LogP contribution in [0.4, 0.5) is 5.82 Å². The highest BCUT2D eigenvalue weighted by molar-refractivity contribution is 5.42. The van der Waals surface area contributed by atoms with E-state index in [2.05, 4.69) is 16.3 Å². The molecule has 1 aromatic heterocycles. The van der Waals surface area contributed by atoms with E-state index in [9.17, 15) is 0 Å². The highest BCUT2D eigenvalue weighted by Gasteiger charge is 2.21. The Hall–Kier alpha value is -2.30. The molecule has 1 unspecified atom stereocenters. The Kier molecular flexibility index (Phi) is 4.13. The van der Waals surface area contributed by atoms with Gasteiger partial charge in [-0.3, -0.25) is 0 Å². The largest absolute Gasteiger partial charge is 0.497 e. The molecule has 0 saturated heterocycles. The lowest BCUT2D eigenvalue weighted by Crippen LogP contribution is -2.23. The van der Waals surface area contributed by atoms with Crippen LogP contribution in [-0.4, -0.2) is 38.0 Å². The molecule has 1 atom stereocenters. The maximum atomic E-state index is 5.88. The van der Waals surface area contributed by atoms with Gasteiger partial charge in [0.25, 0.3) is 0 Å². The molecular formula is C17H21N3O2. The number of hydrogen-bond acceptors (Lipinski definition) is 5. The van der Waals surface area contributed by atoms with E-state index in [1.54, 1.807) is 7.11 Å². The molecular weight excluding hydrogens is 278 g/mol. The molecule has 0 amide bonds. The van der Waals surface area contributed by atoms with Crippen molar-refractivity contribution < 1.29 is 9.47 Å². The van der Waals surface area contributed by atoms with Crippen molar-refractivity contribution in [1.29, 1.82) is 0 Å². The third-order valence-corrected chi connectivity index (χ3v) is 3.92. The van der Waals surface area contributed by atoms with Crippen LogP contribution in [0.3, 0.4) is 0 Å². The smallest absolute Gasteiger partial charge is 0.150 e. The van der Waals surface area contributed by atoms with Gasteiger partial charge in [-0.2, -0.15) is 5.10 Å². The van der Waals surface area contributed by atoms with Gasteiger partial charge in [-0.05, 0) is 36.6 Å². The Morgan fingerprint density at radius 2 is 2.09 bits per heavy atom. The average Bonchev–Trinajstić information content (AvgIpc) is 2.55. The topological polar surface area (TPSA) is 47.5 Å². The maximum absolute atomic E-state index is 5.88. The van der Waals surface area contributed by atoms with Crippen molar-refractivity contribution in [1.82, 2.24) is 10.2 Å². The van der Waals surface area contributed by atoms with Gasteiger partial charge in [0.1, 0.15) is 11.5 Å². The first-order chi connectivity index (χ1) is 10.7. The molecule has 0 aliphatic carbocycles. The second-order valence-electron chi connectivity index (χ2n) is 5.84. The molecule has 2 aromatic rings. The quantitative estimate of drug-likeness (QED) is 0.867. The van der Waals surface area contributed by atoms with Crippen LogP contribution >= 0.6 is 0 Å². The Balaban J connectivity index is 1.67. The first-order valence-electron chi connectivity index (χ1n) is 7.45. The van der Waals surface area contributed by atoms with Crippen LogP contribution in [0.15, 0.2) is 30.3 Å². The van der Waals surface area contributed by atoms with E-state index >= 15 is 0 Å². The summed E-state index contributed by atoms with van der Waals surface area (Å²) in [5.41, 5.74) is 2.24. The molecule has 0 spiro atoms. The van der Waals surface area contributed by atoms with Crippen LogP contribution in [0.25, 0.3) is 0 Å². The van der Waals surface area contributed by atoms with Crippen molar-refractivity contribution in [2.24, 2.45) is 5.92 Å². The van der Waals surface area contributed by atoms with E-state index in [4.69, 9.17) is 9.47 Å². The van der Waals surface area contributed by atoms with E-state index in [0.29, 0.717) is 12.5 Å². The summed E-state index contributed by atoms with van der Waals surface area (Å²) in [6, 6.07) is 10.1. The van der Waals surface area contributed by atoms with Gasteiger partial charge in [0.05, 0.1) is 19.4 Å². The molecule has 0 bridgehead atoms. The molecule has 22 heavy (non-hydrogen) atoms. The first kappa shape index (κ1) is 14.6. The zero-order valence-corrected chi connectivity index (χ0v) is 13.2. The molecule has 116 valence electrons. The lowest BCUT2D eigenvalue weighted by molar-refractivity contribution is 0.219. The second-order valence-corrected chi connectivity index (χ2v) is 5.84. The average molecular weight is 299 g/mol. The molecule has 5 nitrogen and oxygen atoms in total. The third-order valence-electron chi connectivity index (χ3n) is 3.92. The summed E-state index contributed by atoms with van der Waals surface area (Å²) in [6.07, 6.45) is 1.88. The Morgan fingerprint density at radius 1 is 1.23 bits per heavy atom. The lowest BCUT2D eigenvalue weighted by Gasteiger charge is -2.25. The van der Waals surface area contributed by atoms with Crippen molar-refractivity contribution in [3.63, 3.8) is 0 Å². The standard InChI is InChI=1S/C17H21N3O2/c1-20(2)17-7-5-14(18-19-17)9-12-8-13-4-6-15(21-3)10-16(13)22-11-12/h4-7,10,12H,8-9,11H2,1-3H3. The van der Waals surface area contributed by atoms with Gasteiger partial charge in [-0.15, -0.1) is 5.10 Å². The number of nitrogens with zero attached hydrogens (tertiary/aromatic N) is 3. The lowest BCUT2D eigenvalue weighted by atomic mass is 9.92. The van der Waals surface area contributed by atoms with E-state index < -0.39 is 0 Å². The normalized spacial score (nSPS) is 16.6. The SMILES string of the molecule is COc1ccc2c(c1)OCC(Cc1ccc(N(C)C)nn1)C2. The molecule has 0 saturated carbocycles. The van der Waals surface area contributed by atoms with Crippen molar-refractivity contribution in [3.05, 3.63) is 41.6 Å². The number of rotatable bonds is 4. The van der Waals surface area contributed by atoms with Crippen LogP contribution in [-0.2, 0) is 12.8 Å². The van der Waals surface area contributed by atoms with Gasteiger partial charge in [0, 0.05) is 26.1 Å². The van der Waals surface area contributed by atoms with E-state index in [0.717, 1.165) is 35.9 Å². The zero-order chi connectivity index (χ0) is 15.5. The van der Waals surface area contributed by atoms with Gasteiger partial charge in [0.2, 0.25) is 0 Å². The van der Waals surface area contributed by atoms with Crippen LogP contribution in [0.1, 0.15) is 11.3 Å². The molecule has 1 aromatic carbocycles. The number of hydrogen-bond donors (Lipinski definition) is 0. The molecule has 0 fully saturated rings. The van der Waals surface area contributed by atoms with Gasteiger partial charge >= 0.3 is 0 Å². The fourth-order valence-corrected chi connectivity index (χ4v) is 2.67. The predicted molar refractivity (Wildman–Crippen MR) is 85.7 cm³/mol. The summed E-state index contributed by atoms with van der Waals surface area (Å²) >= 11 is 0. The van der Waals surface area contributed by atoms with Crippen LogP contribution in [0.2, 0.25) is 0 Å². The van der Waals surface area contributed by atoms with Crippen molar-refractivity contribution >= 4 is 5.82 Å². The van der Waals surface area contributed by atoms with Crippen LogP contribution < -0.4 is 14.4 Å². The molecule has 5 heteroatoms. The minimum absolute atomic E-state index is 0.431. The fourth-order valence-electron chi connectivity index (χ4n) is 2.67. The van der Waals surface area contributed by atoms with Gasteiger partial charge in [-0.25, -0.2) is 0 Å². The van der Waals surface area contributed by atoms with Crippen molar-refractivity contribution in [3.8, 4) is 11.5 Å². The minimum atomic E-state index is 0.431. The van der Waals surface area contributed by atoms with E-state index in [1.807, 2.05) is 43.3 Å². The molecule has 1 aliphatic heterocycles. The van der Waals surface area contributed by atoms with Crippen molar-refractivity contribution in [2.75, 3.05) is 32.7 Å². The number of aromatic nitrogens is 2. The summed E-state index contributed by atoms with van der Waals surface area (Å²) in [5, 5.41) is 8.54. The highest BCUT2D eigenvalue weighted by atomic mass is 16.5. The van der Waals surface area contributed by atoms with Crippen LogP contribution in [0.5, 0.6) is 11.5 Å². The van der Waals surface area contributed by atoms with Gasteiger partial charge in [-0.1, -0.05) is 6.07 Å². The predicted octanol–water partition coefficient (Wildman–Crippen LogP) is 2.34. The highest BCUT2D eigenvalue weighted by Crippen LogP contribution is 2.31. The molecule has 1 aliphatic rings. The Morgan fingerprint density at radius 3 is 2.77 bits per heavy atom. The number of ether oxygens (including phenoxy) is 2. The van der Waals surface area contributed by atoms with Gasteiger partial charge in [0.15, 0.2) is 5.82 Å². The number of anilines is 1. The minimum Gasteiger partial charge on any atom is -0.497 e. The summed E-state index contributed by atoms with van der Waals surface area (Å²) in [5.74, 6) is 3.08. The molecule has 3 rings (SSSR count). The molecule has 0 radical (unpaired) electrons. The fraction of sp³-hybridized carbons (Fsp3) is 0.412. The first-order valence-corrected chi connectivity index (χ1v) is 7.45.